The maximum atomic E-state index is 10.8. The second kappa shape index (κ2) is 3.46. The number of rotatable bonds is 1. The van der Waals surface area contributed by atoms with E-state index in [2.05, 4.69) is 0 Å². The zero-order chi connectivity index (χ0) is 11.0. The van der Waals surface area contributed by atoms with Gasteiger partial charge in [-0.2, -0.15) is 0 Å². The van der Waals surface area contributed by atoms with E-state index in [-0.39, 0.29) is 0 Å². The first-order valence-electron chi connectivity index (χ1n) is 4.79. The van der Waals surface area contributed by atoms with E-state index in [0.29, 0.717) is 12.3 Å². The summed E-state index contributed by atoms with van der Waals surface area (Å²) in [6, 6.07) is 5.72. The molecule has 0 amide bonds. The minimum Gasteiger partial charge on any atom is -0.478 e. The van der Waals surface area contributed by atoms with E-state index in [1.807, 2.05) is 37.1 Å². The van der Waals surface area contributed by atoms with Crippen LogP contribution >= 0.6 is 0 Å². The van der Waals surface area contributed by atoms with E-state index in [0.717, 1.165) is 11.3 Å². The molecule has 4 nitrogen and oxygen atoms in total. The average molecular weight is 207 g/mol. The molecule has 1 aliphatic heterocycles. The predicted molar refractivity (Wildman–Crippen MR) is 56.5 cm³/mol. The van der Waals surface area contributed by atoms with Gasteiger partial charge in [0.05, 0.1) is 12.2 Å². The number of hydrogen-bond acceptors (Lipinski definition) is 3. The van der Waals surface area contributed by atoms with Crippen LogP contribution in [0.4, 0.5) is 5.69 Å². The quantitative estimate of drug-likeness (QED) is 0.753. The Labute approximate surface area is 88.1 Å². The summed E-state index contributed by atoms with van der Waals surface area (Å²) in [5, 5.41) is 8.88. The van der Waals surface area contributed by atoms with Crippen LogP contribution in [0.5, 0.6) is 5.75 Å². The minimum atomic E-state index is -0.923. The number of benzene rings is 1. The van der Waals surface area contributed by atoms with E-state index in [4.69, 9.17) is 9.84 Å². The summed E-state index contributed by atoms with van der Waals surface area (Å²) >= 11 is 0. The summed E-state index contributed by atoms with van der Waals surface area (Å²) in [5.41, 5.74) is 2.09. The van der Waals surface area contributed by atoms with E-state index >= 15 is 0 Å². The summed E-state index contributed by atoms with van der Waals surface area (Å²) in [7, 11) is 1.87. The molecule has 0 saturated heterocycles. The van der Waals surface area contributed by atoms with Crippen molar-refractivity contribution in [3.63, 3.8) is 0 Å². The first kappa shape index (κ1) is 9.83. The lowest BCUT2D eigenvalue weighted by molar-refractivity contribution is -0.144. The molecular weight excluding hydrogens is 194 g/mol. The van der Waals surface area contributed by atoms with Gasteiger partial charge < -0.3 is 14.7 Å². The number of fused-ring (bicyclic) bond motifs is 1. The highest BCUT2D eigenvalue weighted by atomic mass is 16.5. The average Bonchev–Trinajstić information content (AvgIpc) is 2.18. The predicted octanol–water partition coefficient (Wildman–Crippen LogP) is 1.28. The topological polar surface area (TPSA) is 49.8 Å². The van der Waals surface area contributed by atoms with Crippen molar-refractivity contribution >= 4 is 11.7 Å². The second-order valence-corrected chi connectivity index (χ2v) is 3.80. The van der Waals surface area contributed by atoms with E-state index in [9.17, 15) is 4.79 Å². The van der Waals surface area contributed by atoms with Gasteiger partial charge in [0.25, 0.3) is 0 Å². The van der Waals surface area contributed by atoms with Crippen LogP contribution in [-0.2, 0) is 4.79 Å². The summed E-state index contributed by atoms with van der Waals surface area (Å²) in [6.07, 6.45) is -0.773. The monoisotopic (exact) mass is 207 g/mol. The maximum absolute atomic E-state index is 10.8. The Morgan fingerprint density at radius 1 is 1.60 bits per heavy atom. The highest BCUT2D eigenvalue weighted by molar-refractivity contribution is 5.76. The van der Waals surface area contributed by atoms with Crippen molar-refractivity contribution < 1.29 is 14.6 Å². The molecule has 1 aromatic carbocycles. The van der Waals surface area contributed by atoms with Crippen LogP contribution in [0.25, 0.3) is 0 Å². The van der Waals surface area contributed by atoms with Gasteiger partial charge in [-0.25, -0.2) is 4.79 Å². The Kier molecular flexibility index (Phi) is 2.26. The standard InChI is InChI=1S/C11H13NO3/c1-7-3-4-9-8(5-7)12(2)6-10(15-9)11(13)14/h3-5,10H,6H2,1-2H3,(H,13,14). The zero-order valence-electron chi connectivity index (χ0n) is 8.73. The van der Waals surface area contributed by atoms with Crippen molar-refractivity contribution in [3.05, 3.63) is 23.8 Å². The van der Waals surface area contributed by atoms with Gasteiger partial charge in [0.1, 0.15) is 5.75 Å². The van der Waals surface area contributed by atoms with Gasteiger partial charge in [-0.1, -0.05) is 6.07 Å². The Morgan fingerprint density at radius 2 is 2.33 bits per heavy atom. The summed E-state index contributed by atoms with van der Waals surface area (Å²) in [5.74, 6) is -0.283. The number of hydrogen-bond donors (Lipinski definition) is 1. The molecule has 4 heteroatoms. The third kappa shape index (κ3) is 1.75. The van der Waals surface area contributed by atoms with E-state index < -0.39 is 12.1 Å². The fourth-order valence-corrected chi connectivity index (χ4v) is 1.69. The molecule has 0 saturated carbocycles. The highest BCUT2D eigenvalue weighted by Gasteiger charge is 2.28. The number of carbonyl (C=O) groups is 1. The minimum absolute atomic E-state index is 0.381. The van der Waals surface area contributed by atoms with Crippen molar-refractivity contribution in [2.45, 2.75) is 13.0 Å². The van der Waals surface area contributed by atoms with Crippen molar-refractivity contribution in [2.24, 2.45) is 0 Å². The number of aliphatic carboxylic acids is 1. The lowest BCUT2D eigenvalue weighted by Gasteiger charge is -2.31. The normalized spacial score (nSPS) is 19.3. The maximum Gasteiger partial charge on any atom is 0.346 e. The van der Waals surface area contributed by atoms with E-state index in [1.165, 1.54) is 0 Å². The van der Waals surface area contributed by atoms with Crippen LogP contribution < -0.4 is 9.64 Å². The number of aryl methyl sites for hydroxylation is 1. The first-order valence-corrected chi connectivity index (χ1v) is 4.79. The largest absolute Gasteiger partial charge is 0.478 e. The molecule has 0 bridgehead atoms. The SMILES string of the molecule is Cc1ccc2c(c1)N(C)CC(C(=O)O)O2. The van der Waals surface area contributed by atoms with Gasteiger partial charge in [-0.15, -0.1) is 0 Å². The van der Waals surface area contributed by atoms with Gasteiger partial charge in [-0.05, 0) is 24.6 Å². The molecule has 15 heavy (non-hydrogen) atoms. The van der Waals surface area contributed by atoms with E-state index in [1.54, 1.807) is 0 Å². The number of likely N-dealkylation sites (N-methyl/N-ethyl adjacent to an activating group) is 1. The number of ether oxygens (including phenoxy) is 1. The lowest BCUT2D eigenvalue weighted by atomic mass is 10.1. The number of carboxylic acids is 1. The van der Waals surface area contributed by atoms with Gasteiger partial charge in [0.2, 0.25) is 6.10 Å². The number of nitrogens with zero attached hydrogens (tertiary/aromatic N) is 1. The highest BCUT2D eigenvalue weighted by Crippen LogP contribution is 2.33. The third-order valence-corrected chi connectivity index (χ3v) is 2.51. The van der Waals surface area contributed by atoms with Gasteiger partial charge >= 0.3 is 5.97 Å². The van der Waals surface area contributed by atoms with Gasteiger partial charge in [0, 0.05) is 7.05 Å². The molecular formula is C11H13NO3. The molecule has 1 aliphatic rings. The van der Waals surface area contributed by atoms with Gasteiger partial charge in [0.15, 0.2) is 0 Å². The Morgan fingerprint density at radius 3 is 3.00 bits per heavy atom. The molecule has 1 heterocycles. The number of anilines is 1. The Bertz CT molecular complexity index is 403. The molecule has 80 valence electrons. The molecule has 1 aromatic rings. The van der Waals surface area contributed by atoms with Crippen LogP contribution in [0.3, 0.4) is 0 Å². The number of carboxylic acid groups (broad SMARTS) is 1. The third-order valence-electron chi connectivity index (χ3n) is 2.51. The summed E-state index contributed by atoms with van der Waals surface area (Å²) in [4.78, 5) is 12.7. The van der Waals surface area contributed by atoms with Crippen LogP contribution in [-0.4, -0.2) is 30.8 Å². The summed E-state index contributed by atoms with van der Waals surface area (Å²) in [6.45, 7) is 2.38. The molecule has 0 fully saturated rings. The van der Waals surface area contributed by atoms with Crippen LogP contribution in [0.1, 0.15) is 5.56 Å². The molecule has 0 radical (unpaired) electrons. The first-order chi connectivity index (χ1) is 7.08. The molecule has 1 atom stereocenters. The van der Waals surface area contributed by atoms with Crippen LogP contribution in [0.2, 0.25) is 0 Å². The molecule has 0 spiro atoms. The zero-order valence-corrected chi connectivity index (χ0v) is 8.73. The van der Waals surface area contributed by atoms with Gasteiger partial charge in [-0.3, -0.25) is 0 Å². The summed E-state index contributed by atoms with van der Waals surface area (Å²) < 4.78 is 5.38. The van der Waals surface area contributed by atoms with Crippen LogP contribution in [0, 0.1) is 6.92 Å². The fourth-order valence-electron chi connectivity index (χ4n) is 1.69. The van der Waals surface area contributed by atoms with Crippen LogP contribution in [0.15, 0.2) is 18.2 Å². The molecule has 1 unspecified atom stereocenters. The van der Waals surface area contributed by atoms with Crippen molar-refractivity contribution in [3.8, 4) is 5.75 Å². The van der Waals surface area contributed by atoms with Crippen molar-refractivity contribution in [1.82, 2.24) is 0 Å². The lowest BCUT2D eigenvalue weighted by Crippen LogP contribution is -2.42. The van der Waals surface area contributed by atoms with Crippen molar-refractivity contribution in [2.75, 3.05) is 18.5 Å². The second-order valence-electron chi connectivity index (χ2n) is 3.80. The molecule has 2 rings (SSSR count). The smallest absolute Gasteiger partial charge is 0.346 e. The van der Waals surface area contributed by atoms with Crippen molar-refractivity contribution in [1.29, 1.82) is 0 Å². The molecule has 0 aromatic heterocycles. The molecule has 0 aliphatic carbocycles. The fraction of sp³-hybridized carbons (Fsp3) is 0.364. The Hall–Kier alpha value is -1.71. The molecule has 1 N–H and O–H groups in total. The Balaban J connectivity index is 2.36.